The van der Waals surface area contributed by atoms with Gasteiger partial charge in [0.1, 0.15) is 5.69 Å². The van der Waals surface area contributed by atoms with E-state index in [9.17, 15) is 14.4 Å². The fraction of sp³-hybridized carbons (Fsp3) is 0.552. The first-order chi connectivity index (χ1) is 18.6. The van der Waals surface area contributed by atoms with E-state index in [1.807, 2.05) is 25.1 Å². The van der Waals surface area contributed by atoms with Crippen LogP contribution in [0.4, 0.5) is 0 Å². The number of halogens is 1. The maximum absolute atomic E-state index is 12.7. The van der Waals surface area contributed by atoms with Crippen molar-refractivity contribution in [3.63, 3.8) is 0 Å². The molecule has 2 heterocycles. The summed E-state index contributed by atoms with van der Waals surface area (Å²) in [6.07, 6.45) is 8.10. The molecule has 3 amide bonds. The van der Waals surface area contributed by atoms with E-state index in [-0.39, 0.29) is 42.1 Å². The van der Waals surface area contributed by atoms with Crippen LogP contribution >= 0.6 is 11.6 Å². The van der Waals surface area contributed by atoms with E-state index in [0.717, 1.165) is 42.8 Å². The lowest BCUT2D eigenvalue weighted by molar-refractivity contribution is -0.135. The Morgan fingerprint density at radius 3 is 2.33 bits per heavy atom. The molecule has 4 rings (SSSR count). The second-order valence-corrected chi connectivity index (χ2v) is 11.4. The minimum atomic E-state index is -0.174. The summed E-state index contributed by atoms with van der Waals surface area (Å²) in [5, 5.41) is 3.91. The fourth-order valence-corrected chi connectivity index (χ4v) is 5.82. The van der Waals surface area contributed by atoms with Crippen molar-refractivity contribution >= 4 is 29.3 Å². The molecule has 9 nitrogen and oxygen atoms in total. The summed E-state index contributed by atoms with van der Waals surface area (Å²) in [6, 6.07) is 8.17. The third-order valence-electron chi connectivity index (χ3n) is 8.14. The first-order valence-electron chi connectivity index (χ1n) is 13.7. The molecular formula is C29H39ClN6O3. The van der Waals surface area contributed by atoms with Gasteiger partial charge >= 0.3 is 0 Å². The predicted molar refractivity (Wildman–Crippen MR) is 150 cm³/mol. The Bertz CT molecular complexity index is 1160. The Kier molecular flexibility index (Phi) is 9.56. The van der Waals surface area contributed by atoms with E-state index in [2.05, 4.69) is 40.3 Å². The molecule has 0 spiro atoms. The molecule has 0 atom stereocenters. The number of aromatic nitrogens is 2. The highest BCUT2D eigenvalue weighted by atomic mass is 35.5. The SMILES string of the molecule is Cc1cnc(C(=O)N2CCN(C(=O)CCC(=O)NC3CCC(Cc4cccc(Cl)c4)(N(C)C)CC3)CC2)cn1. The molecule has 0 bridgehead atoms. The van der Waals surface area contributed by atoms with E-state index >= 15 is 0 Å². The second kappa shape index (κ2) is 12.9. The van der Waals surface area contributed by atoms with Crippen LogP contribution < -0.4 is 5.32 Å². The van der Waals surface area contributed by atoms with Crippen LogP contribution in [0.15, 0.2) is 36.7 Å². The largest absolute Gasteiger partial charge is 0.353 e. The van der Waals surface area contributed by atoms with Crippen molar-refractivity contribution in [1.82, 2.24) is 30.0 Å². The van der Waals surface area contributed by atoms with E-state index < -0.39 is 0 Å². The number of piperazine rings is 1. The molecule has 1 aliphatic heterocycles. The van der Waals surface area contributed by atoms with Gasteiger partial charge in [-0.15, -0.1) is 0 Å². The van der Waals surface area contributed by atoms with Crippen molar-refractivity contribution in [1.29, 1.82) is 0 Å². The molecule has 0 unspecified atom stereocenters. The number of benzene rings is 1. The molecule has 1 aliphatic carbocycles. The van der Waals surface area contributed by atoms with Crippen LogP contribution in [0.5, 0.6) is 0 Å². The maximum atomic E-state index is 12.7. The average molecular weight is 555 g/mol. The first kappa shape index (κ1) is 29.0. The lowest BCUT2D eigenvalue weighted by Gasteiger charge is -2.45. The molecular weight excluding hydrogens is 516 g/mol. The van der Waals surface area contributed by atoms with E-state index in [1.165, 1.54) is 11.8 Å². The number of amides is 3. The Balaban J connectivity index is 1.18. The van der Waals surface area contributed by atoms with E-state index in [1.54, 1.807) is 16.0 Å². The normalized spacial score (nSPS) is 21.6. The maximum Gasteiger partial charge on any atom is 0.274 e. The Hall–Kier alpha value is -3.04. The average Bonchev–Trinajstić information content (AvgIpc) is 2.93. The zero-order valence-electron chi connectivity index (χ0n) is 23.2. The topological polar surface area (TPSA) is 98.7 Å². The second-order valence-electron chi connectivity index (χ2n) is 11.0. The van der Waals surface area contributed by atoms with Crippen LogP contribution in [0, 0.1) is 6.92 Å². The van der Waals surface area contributed by atoms with Gasteiger partial charge in [0.25, 0.3) is 5.91 Å². The molecule has 1 saturated carbocycles. The zero-order valence-corrected chi connectivity index (χ0v) is 23.9. The molecule has 210 valence electrons. The van der Waals surface area contributed by atoms with Gasteiger partial charge in [-0.05, 0) is 70.8 Å². The molecule has 0 radical (unpaired) electrons. The first-order valence-corrected chi connectivity index (χ1v) is 14.1. The molecule has 1 aromatic carbocycles. The molecule has 39 heavy (non-hydrogen) atoms. The van der Waals surface area contributed by atoms with Gasteiger partial charge in [0.15, 0.2) is 0 Å². The highest BCUT2D eigenvalue weighted by Gasteiger charge is 2.37. The smallest absolute Gasteiger partial charge is 0.274 e. The van der Waals surface area contributed by atoms with Gasteiger partial charge in [-0.3, -0.25) is 19.4 Å². The summed E-state index contributed by atoms with van der Waals surface area (Å²) >= 11 is 6.21. The molecule has 2 aromatic rings. The number of likely N-dealkylation sites (N-methyl/N-ethyl adjacent to an activating group) is 1. The van der Waals surface area contributed by atoms with Crippen LogP contribution in [0.1, 0.15) is 60.3 Å². The van der Waals surface area contributed by atoms with Crippen molar-refractivity contribution in [2.45, 2.75) is 63.5 Å². The van der Waals surface area contributed by atoms with Gasteiger partial charge in [-0.25, -0.2) is 4.98 Å². The predicted octanol–water partition coefficient (Wildman–Crippen LogP) is 3.10. The number of nitrogens with one attached hydrogen (secondary N) is 1. The molecule has 1 N–H and O–H groups in total. The number of hydrogen-bond donors (Lipinski definition) is 1. The van der Waals surface area contributed by atoms with Gasteiger partial charge < -0.3 is 20.0 Å². The summed E-state index contributed by atoms with van der Waals surface area (Å²) in [6.45, 7) is 3.61. The van der Waals surface area contributed by atoms with Crippen molar-refractivity contribution in [2.24, 2.45) is 0 Å². The number of carbonyl (C=O) groups is 3. The van der Waals surface area contributed by atoms with Crippen LogP contribution in [0.25, 0.3) is 0 Å². The van der Waals surface area contributed by atoms with Crippen LogP contribution in [0.3, 0.4) is 0 Å². The van der Waals surface area contributed by atoms with Gasteiger partial charge in [-0.1, -0.05) is 23.7 Å². The lowest BCUT2D eigenvalue weighted by atomic mass is 9.75. The van der Waals surface area contributed by atoms with Gasteiger partial charge in [0.05, 0.1) is 11.9 Å². The van der Waals surface area contributed by atoms with Crippen molar-refractivity contribution in [2.75, 3.05) is 40.3 Å². The summed E-state index contributed by atoms with van der Waals surface area (Å²) < 4.78 is 0. The zero-order chi connectivity index (χ0) is 28.0. The number of aryl methyl sites for hydroxylation is 1. The standard InChI is InChI=1S/C29H39ClN6O3/c1-21-19-32-25(20-31-21)28(39)36-15-13-35(14-16-36)27(38)8-7-26(37)33-24-9-11-29(12-10-24,34(2)3)18-22-5-4-6-23(30)17-22/h4-6,17,19-20,24H,7-16,18H2,1-3H3,(H,33,37). The van der Waals surface area contributed by atoms with E-state index in [0.29, 0.717) is 31.9 Å². The molecule has 1 aromatic heterocycles. The Morgan fingerprint density at radius 1 is 1.03 bits per heavy atom. The van der Waals surface area contributed by atoms with Crippen LogP contribution in [-0.4, -0.2) is 94.2 Å². The molecule has 2 fully saturated rings. The number of nitrogens with zero attached hydrogens (tertiary/aromatic N) is 5. The third kappa shape index (κ3) is 7.54. The molecule has 2 aliphatic rings. The number of rotatable bonds is 8. The highest BCUT2D eigenvalue weighted by Crippen LogP contribution is 2.36. The van der Waals surface area contributed by atoms with Crippen LogP contribution in [-0.2, 0) is 16.0 Å². The van der Waals surface area contributed by atoms with Gasteiger partial charge in [0.2, 0.25) is 11.8 Å². The third-order valence-corrected chi connectivity index (χ3v) is 8.37. The fourth-order valence-electron chi connectivity index (χ4n) is 5.61. The van der Waals surface area contributed by atoms with Gasteiger partial charge in [0, 0.05) is 61.8 Å². The minimum Gasteiger partial charge on any atom is -0.353 e. The molecule has 10 heteroatoms. The highest BCUT2D eigenvalue weighted by molar-refractivity contribution is 6.30. The summed E-state index contributed by atoms with van der Waals surface area (Å²) in [5.41, 5.74) is 2.33. The van der Waals surface area contributed by atoms with Crippen molar-refractivity contribution in [3.05, 3.63) is 58.6 Å². The van der Waals surface area contributed by atoms with E-state index in [4.69, 9.17) is 11.6 Å². The monoisotopic (exact) mass is 554 g/mol. The number of carbonyl (C=O) groups excluding carboxylic acids is 3. The molecule has 1 saturated heterocycles. The number of hydrogen-bond acceptors (Lipinski definition) is 6. The van der Waals surface area contributed by atoms with Crippen molar-refractivity contribution in [3.8, 4) is 0 Å². The summed E-state index contributed by atoms with van der Waals surface area (Å²) in [4.78, 5) is 52.1. The summed E-state index contributed by atoms with van der Waals surface area (Å²) in [5.74, 6) is -0.302. The quantitative estimate of drug-likeness (QED) is 0.538. The van der Waals surface area contributed by atoms with Crippen LogP contribution in [0.2, 0.25) is 5.02 Å². The Morgan fingerprint density at radius 2 is 1.72 bits per heavy atom. The minimum absolute atomic E-state index is 0.0391. The van der Waals surface area contributed by atoms with Gasteiger partial charge in [-0.2, -0.15) is 0 Å². The summed E-state index contributed by atoms with van der Waals surface area (Å²) in [7, 11) is 4.25. The van der Waals surface area contributed by atoms with Crippen molar-refractivity contribution < 1.29 is 14.4 Å². The lowest BCUT2D eigenvalue weighted by Crippen LogP contribution is -2.52. The Labute approximate surface area is 235 Å².